The van der Waals surface area contributed by atoms with Crippen molar-refractivity contribution in [2.24, 2.45) is 0 Å². The minimum Gasteiger partial charge on any atom is -0.476 e. The maximum absolute atomic E-state index is 13.3. The summed E-state index contributed by atoms with van der Waals surface area (Å²) in [6, 6.07) is 21.6. The molecule has 1 unspecified atom stereocenters. The lowest BCUT2D eigenvalue weighted by atomic mass is 10.1. The normalized spacial score (nSPS) is 15.7. The van der Waals surface area contributed by atoms with E-state index in [1.54, 1.807) is 48.5 Å². The zero-order chi connectivity index (χ0) is 22.0. The Hall–Kier alpha value is -3.32. The topological polar surface area (TPSA) is 75.7 Å². The number of nitrogens with zero attached hydrogens (tertiary/aromatic N) is 1. The summed E-state index contributed by atoms with van der Waals surface area (Å²) < 4.78 is 33.8. The molecule has 1 aliphatic heterocycles. The summed E-state index contributed by atoms with van der Waals surface area (Å²) in [7, 11) is -3.73. The van der Waals surface area contributed by atoms with Crippen LogP contribution in [0.1, 0.15) is 16.7 Å². The SMILES string of the molecule is Cc1cccc(C)c1NC(=O)C1CN(S(=O)(=O)Cc2ccccc2)c2ccccc2O1. The summed E-state index contributed by atoms with van der Waals surface area (Å²) >= 11 is 0. The minimum absolute atomic E-state index is 0.0943. The highest BCUT2D eigenvalue weighted by atomic mass is 32.2. The molecule has 0 bridgehead atoms. The molecule has 1 aliphatic rings. The maximum Gasteiger partial charge on any atom is 0.267 e. The third-order valence-corrected chi connectivity index (χ3v) is 7.00. The lowest BCUT2D eigenvalue weighted by molar-refractivity contribution is -0.122. The first-order valence-electron chi connectivity index (χ1n) is 10.0. The van der Waals surface area contributed by atoms with Gasteiger partial charge in [0.15, 0.2) is 6.10 Å². The van der Waals surface area contributed by atoms with E-state index in [2.05, 4.69) is 5.32 Å². The Bertz CT molecular complexity index is 1190. The fourth-order valence-electron chi connectivity index (χ4n) is 3.68. The van der Waals surface area contributed by atoms with Gasteiger partial charge in [-0.2, -0.15) is 0 Å². The van der Waals surface area contributed by atoms with E-state index in [4.69, 9.17) is 4.74 Å². The Morgan fingerprint density at radius 2 is 1.61 bits per heavy atom. The number of benzene rings is 3. The van der Waals surface area contributed by atoms with Gasteiger partial charge in [-0.1, -0.05) is 60.7 Å². The molecule has 3 aromatic carbocycles. The lowest BCUT2D eigenvalue weighted by Gasteiger charge is -2.35. The monoisotopic (exact) mass is 436 g/mol. The van der Waals surface area contributed by atoms with Crippen LogP contribution in [-0.4, -0.2) is 27.0 Å². The molecule has 6 nitrogen and oxygen atoms in total. The molecule has 0 saturated heterocycles. The molecule has 0 radical (unpaired) electrons. The second-order valence-corrected chi connectivity index (χ2v) is 9.50. The highest BCUT2D eigenvalue weighted by Crippen LogP contribution is 2.36. The predicted molar refractivity (Wildman–Crippen MR) is 122 cm³/mol. The summed E-state index contributed by atoms with van der Waals surface area (Å²) in [6.45, 7) is 3.73. The highest BCUT2D eigenvalue weighted by Gasteiger charge is 2.36. The van der Waals surface area contributed by atoms with E-state index in [1.165, 1.54) is 4.31 Å². The molecule has 0 aromatic heterocycles. The molecule has 160 valence electrons. The van der Waals surface area contributed by atoms with Crippen molar-refractivity contribution in [1.29, 1.82) is 0 Å². The first kappa shape index (κ1) is 20.9. The average molecular weight is 437 g/mol. The van der Waals surface area contributed by atoms with Gasteiger partial charge in [0, 0.05) is 5.69 Å². The fourth-order valence-corrected chi connectivity index (χ4v) is 5.26. The van der Waals surface area contributed by atoms with Gasteiger partial charge in [-0.05, 0) is 42.7 Å². The molecule has 7 heteroatoms. The number of amides is 1. The molecule has 4 rings (SSSR count). The smallest absolute Gasteiger partial charge is 0.267 e. The number of carbonyl (C=O) groups excluding carboxylic acids is 1. The Morgan fingerprint density at radius 1 is 0.968 bits per heavy atom. The first-order valence-corrected chi connectivity index (χ1v) is 11.6. The number of rotatable bonds is 5. The molecule has 3 aromatic rings. The number of anilines is 2. The van der Waals surface area contributed by atoms with E-state index in [1.807, 2.05) is 38.1 Å². The second kappa shape index (κ2) is 8.43. The van der Waals surface area contributed by atoms with Crippen molar-refractivity contribution in [3.8, 4) is 5.75 Å². The molecule has 0 spiro atoms. The van der Waals surface area contributed by atoms with Crippen molar-refractivity contribution >= 4 is 27.3 Å². The summed E-state index contributed by atoms with van der Waals surface area (Å²) in [6.07, 6.45) is -0.973. The van der Waals surface area contributed by atoms with Crippen LogP contribution in [0.15, 0.2) is 72.8 Å². The van der Waals surface area contributed by atoms with Crippen molar-refractivity contribution < 1.29 is 17.9 Å². The summed E-state index contributed by atoms with van der Waals surface area (Å²) in [5, 5.41) is 2.92. The van der Waals surface area contributed by atoms with Crippen molar-refractivity contribution in [3.05, 3.63) is 89.5 Å². The van der Waals surface area contributed by atoms with Crippen LogP contribution < -0.4 is 14.4 Å². The number of hydrogen-bond donors (Lipinski definition) is 1. The number of aryl methyl sites for hydroxylation is 2. The number of carbonyl (C=O) groups is 1. The number of sulfonamides is 1. The van der Waals surface area contributed by atoms with Crippen molar-refractivity contribution in [3.63, 3.8) is 0 Å². The molecule has 1 heterocycles. The summed E-state index contributed by atoms with van der Waals surface area (Å²) in [4.78, 5) is 13.1. The largest absolute Gasteiger partial charge is 0.476 e. The fraction of sp³-hybridized carbons (Fsp3) is 0.208. The van der Waals surface area contributed by atoms with Crippen molar-refractivity contribution in [2.45, 2.75) is 25.7 Å². The van der Waals surface area contributed by atoms with Gasteiger partial charge in [0.05, 0.1) is 18.0 Å². The van der Waals surface area contributed by atoms with Crippen LogP contribution in [0, 0.1) is 13.8 Å². The molecular formula is C24H24N2O4S. The molecule has 0 saturated carbocycles. The standard InChI is InChI=1S/C24H24N2O4S/c1-17-9-8-10-18(2)23(17)25-24(27)22-15-26(20-13-6-7-14-21(20)30-22)31(28,29)16-19-11-4-3-5-12-19/h3-14,22H,15-16H2,1-2H3,(H,25,27). The maximum atomic E-state index is 13.3. The van der Waals surface area contributed by atoms with Gasteiger partial charge in [-0.25, -0.2) is 8.42 Å². The molecule has 0 fully saturated rings. The first-order chi connectivity index (χ1) is 14.8. The van der Waals surface area contributed by atoms with Crippen LogP contribution in [0.3, 0.4) is 0 Å². The van der Waals surface area contributed by atoms with Crippen LogP contribution >= 0.6 is 0 Å². The van der Waals surface area contributed by atoms with Gasteiger partial charge >= 0.3 is 0 Å². The average Bonchev–Trinajstić information content (AvgIpc) is 2.76. The van der Waals surface area contributed by atoms with E-state index >= 15 is 0 Å². The number of nitrogens with one attached hydrogen (secondary N) is 1. The van der Waals surface area contributed by atoms with E-state index in [0.717, 1.165) is 11.1 Å². The Morgan fingerprint density at radius 3 is 2.32 bits per heavy atom. The van der Waals surface area contributed by atoms with Crippen LogP contribution in [0.2, 0.25) is 0 Å². The highest BCUT2D eigenvalue weighted by molar-refractivity contribution is 7.92. The quantitative estimate of drug-likeness (QED) is 0.655. The molecule has 31 heavy (non-hydrogen) atoms. The van der Waals surface area contributed by atoms with Gasteiger partial charge in [0.25, 0.3) is 5.91 Å². The molecule has 1 amide bonds. The third-order valence-electron chi connectivity index (χ3n) is 5.28. The van der Waals surface area contributed by atoms with Crippen LogP contribution in [-0.2, 0) is 20.6 Å². The van der Waals surface area contributed by atoms with E-state index in [9.17, 15) is 13.2 Å². The predicted octanol–water partition coefficient (Wildman–Crippen LogP) is 4.04. The van der Waals surface area contributed by atoms with Crippen LogP contribution in [0.4, 0.5) is 11.4 Å². The van der Waals surface area contributed by atoms with E-state index in [0.29, 0.717) is 22.7 Å². The zero-order valence-corrected chi connectivity index (χ0v) is 18.2. The van der Waals surface area contributed by atoms with Crippen LogP contribution in [0.5, 0.6) is 5.75 Å². The summed E-state index contributed by atoms with van der Waals surface area (Å²) in [5.74, 6) is -0.174. The minimum atomic E-state index is -3.73. The van der Waals surface area contributed by atoms with Gasteiger partial charge in [0.2, 0.25) is 10.0 Å². The number of ether oxygens (including phenoxy) is 1. The van der Waals surface area contributed by atoms with Gasteiger partial charge in [-0.3, -0.25) is 9.10 Å². The molecule has 1 atom stereocenters. The van der Waals surface area contributed by atoms with Crippen LogP contribution in [0.25, 0.3) is 0 Å². The van der Waals surface area contributed by atoms with Gasteiger partial charge in [-0.15, -0.1) is 0 Å². The van der Waals surface area contributed by atoms with Gasteiger partial charge in [0.1, 0.15) is 5.75 Å². The van der Waals surface area contributed by atoms with E-state index < -0.39 is 16.1 Å². The Kier molecular flexibility index (Phi) is 5.69. The Balaban J connectivity index is 1.63. The van der Waals surface area contributed by atoms with E-state index in [-0.39, 0.29) is 18.2 Å². The number of para-hydroxylation sites is 3. The lowest BCUT2D eigenvalue weighted by Crippen LogP contribution is -2.49. The van der Waals surface area contributed by atoms with Crippen molar-refractivity contribution in [2.75, 3.05) is 16.2 Å². The van der Waals surface area contributed by atoms with Crippen molar-refractivity contribution in [1.82, 2.24) is 0 Å². The number of hydrogen-bond acceptors (Lipinski definition) is 4. The molecular weight excluding hydrogens is 412 g/mol. The number of fused-ring (bicyclic) bond motifs is 1. The summed E-state index contributed by atoms with van der Waals surface area (Å²) in [5.41, 5.74) is 3.70. The van der Waals surface area contributed by atoms with Gasteiger partial charge < -0.3 is 10.1 Å². The third kappa shape index (κ3) is 4.41. The Labute approximate surface area is 182 Å². The molecule has 1 N–H and O–H groups in total. The zero-order valence-electron chi connectivity index (χ0n) is 17.4. The molecule has 0 aliphatic carbocycles. The second-order valence-electron chi connectivity index (χ2n) is 7.60.